The summed E-state index contributed by atoms with van der Waals surface area (Å²) in [4.78, 5) is 16.9. The van der Waals surface area contributed by atoms with E-state index in [1.165, 1.54) is 0 Å². The van der Waals surface area contributed by atoms with Crippen molar-refractivity contribution in [3.05, 3.63) is 24.3 Å². The smallest absolute Gasteiger partial charge is 0.236 e. The zero-order chi connectivity index (χ0) is 15.4. The minimum absolute atomic E-state index is 0.532. The Labute approximate surface area is 124 Å². The number of rotatable bonds is 5. The molecule has 1 N–H and O–H groups in total. The second kappa shape index (κ2) is 6.25. The number of ether oxygens (including phenoxy) is 1. The molecule has 112 valence electrons. The minimum atomic E-state index is 0.532. The lowest BCUT2D eigenvalue weighted by Gasteiger charge is -2.20. The first-order valence-corrected chi connectivity index (χ1v) is 6.54. The molecule has 0 spiro atoms. The van der Waals surface area contributed by atoms with Crippen LogP contribution in [0.2, 0.25) is 0 Å². The largest absolute Gasteiger partial charge is 0.497 e. The van der Waals surface area contributed by atoms with Gasteiger partial charge in [-0.3, -0.25) is 0 Å². The number of nitrogens with one attached hydrogen (secondary N) is 1. The van der Waals surface area contributed by atoms with Crippen LogP contribution in [0.15, 0.2) is 24.3 Å². The van der Waals surface area contributed by atoms with Gasteiger partial charge < -0.3 is 19.9 Å². The fourth-order valence-electron chi connectivity index (χ4n) is 1.74. The number of benzene rings is 1. The molecule has 1 heterocycles. The van der Waals surface area contributed by atoms with Crippen LogP contribution in [0.1, 0.15) is 0 Å². The average Bonchev–Trinajstić information content (AvgIpc) is 2.53. The molecule has 0 aliphatic rings. The summed E-state index contributed by atoms with van der Waals surface area (Å²) in [6.07, 6.45) is 0. The van der Waals surface area contributed by atoms with Gasteiger partial charge >= 0.3 is 0 Å². The molecule has 0 saturated carbocycles. The summed E-state index contributed by atoms with van der Waals surface area (Å²) in [7, 11) is 9.13. The molecule has 0 saturated heterocycles. The summed E-state index contributed by atoms with van der Waals surface area (Å²) in [5.41, 5.74) is 0.966. The maximum absolute atomic E-state index is 5.17. The molecule has 0 fully saturated rings. The standard InChI is InChI=1S/C14H20N6O/c1-15-12-16-13(19(2)3)18-14(17-12)20(4)10-6-8-11(21-5)9-7-10/h6-9H,1-5H3,(H,15,16,17,18). The summed E-state index contributed by atoms with van der Waals surface area (Å²) in [6, 6.07) is 7.71. The molecule has 0 aliphatic heterocycles. The predicted molar refractivity (Wildman–Crippen MR) is 84.8 cm³/mol. The molecule has 0 amide bonds. The van der Waals surface area contributed by atoms with Gasteiger partial charge in [0.25, 0.3) is 0 Å². The number of nitrogens with zero attached hydrogens (tertiary/aromatic N) is 5. The highest BCUT2D eigenvalue weighted by Gasteiger charge is 2.12. The van der Waals surface area contributed by atoms with Crippen molar-refractivity contribution in [1.29, 1.82) is 0 Å². The predicted octanol–water partition coefficient (Wildman–Crippen LogP) is 1.76. The van der Waals surface area contributed by atoms with Crippen LogP contribution in [0.5, 0.6) is 5.75 Å². The lowest BCUT2D eigenvalue weighted by molar-refractivity contribution is 0.415. The number of hydrogen-bond donors (Lipinski definition) is 1. The molecule has 2 aromatic rings. The van der Waals surface area contributed by atoms with Crippen molar-refractivity contribution < 1.29 is 4.74 Å². The number of aromatic nitrogens is 3. The summed E-state index contributed by atoms with van der Waals surface area (Å²) in [5, 5.41) is 2.95. The Morgan fingerprint density at radius 2 is 1.57 bits per heavy atom. The van der Waals surface area contributed by atoms with E-state index in [0.29, 0.717) is 17.8 Å². The maximum Gasteiger partial charge on any atom is 0.236 e. The van der Waals surface area contributed by atoms with Crippen LogP contribution < -0.4 is 19.9 Å². The van der Waals surface area contributed by atoms with Gasteiger partial charge in [-0.15, -0.1) is 0 Å². The van der Waals surface area contributed by atoms with Crippen LogP contribution >= 0.6 is 0 Å². The lowest BCUT2D eigenvalue weighted by Crippen LogP contribution is -2.19. The van der Waals surface area contributed by atoms with Gasteiger partial charge in [0.05, 0.1) is 7.11 Å². The topological polar surface area (TPSA) is 66.4 Å². The third-order valence-electron chi connectivity index (χ3n) is 3.00. The van der Waals surface area contributed by atoms with E-state index in [4.69, 9.17) is 4.74 Å². The molecule has 7 nitrogen and oxygen atoms in total. The van der Waals surface area contributed by atoms with Crippen molar-refractivity contribution in [2.24, 2.45) is 0 Å². The molecule has 21 heavy (non-hydrogen) atoms. The first-order chi connectivity index (χ1) is 10.0. The van der Waals surface area contributed by atoms with E-state index in [1.807, 2.05) is 55.2 Å². The number of anilines is 4. The molecule has 0 bridgehead atoms. The fourth-order valence-corrected chi connectivity index (χ4v) is 1.74. The highest BCUT2D eigenvalue weighted by Crippen LogP contribution is 2.24. The van der Waals surface area contributed by atoms with Gasteiger partial charge in [-0.25, -0.2) is 0 Å². The number of methoxy groups -OCH3 is 1. The third kappa shape index (κ3) is 3.31. The summed E-state index contributed by atoms with van der Waals surface area (Å²) >= 11 is 0. The van der Waals surface area contributed by atoms with Crippen molar-refractivity contribution in [2.75, 3.05) is 50.4 Å². The van der Waals surface area contributed by atoms with E-state index in [9.17, 15) is 0 Å². The van der Waals surface area contributed by atoms with Gasteiger partial charge in [0.2, 0.25) is 17.8 Å². The molecule has 0 unspecified atom stereocenters. The SMILES string of the molecule is CNc1nc(N(C)C)nc(N(C)c2ccc(OC)cc2)n1. The van der Waals surface area contributed by atoms with E-state index >= 15 is 0 Å². The zero-order valence-electron chi connectivity index (χ0n) is 13.0. The van der Waals surface area contributed by atoms with Crippen molar-refractivity contribution in [2.45, 2.75) is 0 Å². The summed E-state index contributed by atoms with van der Waals surface area (Å²) in [5.74, 6) is 2.52. The van der Waals surface area contributed by atoms with Crippen LogP contribution in [0, 0.1) is 0 Å². The summed E-state index contributed by atoms with van der Waals surface area (Å²) < 4.78 is 5.17. The van der Waals surface area contributed by atoms with Gasteiger partial charge in [-0.2, -0.15) is 15.0 Å². The second-order valence-electron chi connectivity index (χ2n) is 4.66. The quantitative estimate of drug-likeness (QED) is 0.899. The van der Waals surface area contributed by atoms with Crippen LogP contribution in [0.3, 0.4) is 0 Å². The Balaban J connectivity index is 2.36. The maximum atomic E-state index is 5.17. The first-order valence-electron chi connectivity index (χ1n) is 6.54. The van der Waals surface area contributed by atoms with Gasteiger partial charge in [0, 0.05) is 33.9 Å². The lowest BCUT2D eigenvalue weighted by atomic mass is 10.3. The monoisotopic (exact) mass is 288 g/mol. The van der Waals surface area contributed by atoms with Gasteiger partial charge in [0.1, 0.15) is 5.75 Å². The zero-order valence-corrected chi connectivity index (χ0v) is 13.0. The highest BCUT2D eigenvalue weighted by molar-refractivity contribution is 5.59. The number of hydrogen-bond acceptors (Lipinski definition) is 7. The van der Waals surface area contributed by atoms with Crippen LogP contribution in [0.25, 0.3) is 0 Å². The van der Waals surface area contributed by atoms with Crippen molar-refractivity contribution in [1.82, 2.24) is 15.0 Å². The average molecular weight is 288 g/mol. The van der Waals surface area contributed by atoms with Gasteiger partial charge in [-0.1, -0.05) is 0 Å². The van der Waals surface area contributed by atoms with Crippen LogP contribution in [-0.4, -0.2) is 50.3 Å². The van der Waals surface area contributed by atoms with Crippen LogP contribution in [0.4, 0.5) is 23.5 Å². The van der Waals surface area contributed by atoms with Gasteiger partial charge in [0.15, 0.2) is 0 Å². The molecule has 1 aromatic carbocycles. The molecule has 0 radical (unpaired) electrons. The fraction of sp³-hybridized carbons (Fsp3) is 0.357. The van der Waals surface area contributed by atoms with Crippen molar-refractivity contribution >= 4 is 23.5 Å². The van der Waals surface area contributed by atoms with E-state index < -0.39 is 0 Å². The van der Waals surface area contributed by atoms with Crippen molar-refractivity contribution in [3.63, 3.8) is 0 Å². The third-order valence-corrected chi connectivity index (χ3v) is 3.00. The van der Waals surface area contributed by atoms with E-state index in [1.54, 1.807) is 14.2 Å². The second-order valence-corrected chi connectivity index (χ2v) is 4.66. The van der Waals surface area contributed by atoms with E-state index in [-0.39, 0.29) is 0 Å². The van der Waals surface area contributed by atoms with Gasteiger partial charge in [-0.05, 0) is 24.3 Å². The Hall–Kier alpha value is -2.57. The molecule has 7 heteroatoms. The van der Waals surface area contributed by atoms with E-state index in [2.05, 4.69) is 20.3 Å². The molecular weight excluding hydrogens is 268 g/mol. The molecule has 0 aliphatic carbocycles. The molecule has 0 atom stereocenters. The molecule has 1 aromatic heterocycles. The normalized spacial score (nSPS) is 10.1. The minimum Gasteiger partial charge on any atom is -0.497 e. The Kier molecular flexibility index (Phi) is 4.42. The molecule has 2 rings (SSSR count). The first kappa shape index (κ1) is 14.8. The Bertz CT molecular complexity index is 599. The Morgan fingerprint density at radius 3 is 2.10 bits per heavy atom. The Morgan fingerprint density at radius 1 is 0.952 bits per heavy atom. The van der Waals surface area contributed by atoms with Crippen LogP contribution in [-0.2, 0) is 0 Å². The molecular formula is C14H20N6O. The van der Waals surface area contributed by atoms with E-state index in [0.717, 1.165) is 11.4 Å². The van der Waals surface area contributed by atoms with Crippen molar-refractivity contribution in [3.8, 4) is 5.75 Å². The summed E-state index contributed by atoms with van der Waals surface area (Å²) in [6.45, 7) is 0. The highest BCUT2D eigenvalue weighted by atomic mass is 16.5.